The van der Waals surface area contributed by atoms with Crippen LogP contribution in [0, 0.1) is 23.2 Å². The molecule has 0 aromatic heterocycles. The van der Waals surface area contributed by atoms with E-state index in [2.05, 4.69) is 6.92 Å². The number of carbonyl (C=O) groups is 3. The average Bonchev–Trinajstić information content (AvgIpc) is 2.97. The Balaban J connectivity index is 1.60. The Morgan fingerprint density at radius 2 is 1.93 bits per heavy atom. The van der Waals surface area contributed by atoms with Crippen LogP contribution >= 0.6 is 0 Å². The first-order valence-corrected chi connectivity index (χ1v) is 10.5. The monoisotopic (exact) mass is 370 g/mol. The molecule has 5 atom stereocenters. The summed E-state index contributed by atoms with van der Waals surface area (Å²) in [7, 11) is 0. The van der Waals surface area contributed by atoms with Crippen LogP contribution in [0.4, 0.5) is 0 Å². The van der Waals surface area contributed by atoms with E-state index >= 15 is 0 Å². The lowest BCUT2D eigenvalue weighted by molar-refractivity contribution is -0.155. The number of esters is 1. The maximum absolute atomic E-state index is 13.0. The van der Waals surface area contributed by atoms with Crippen LogP contribution in [-0.4, -0.2) is 23.6 Å². The molecule has 0 bridgehead atoms. The molecule has 4 aliphatic rings. The van der Waals surface area contributed by atoms with Crippen LogP contribution in [0.15, 0.2) is 22.8 Å². The Morgan fingerprint density at radius 3 is 2.67 bits per heavy atom. The van der Waals surface area contributed by atoms with Crippen molar-refractivity contribution in [1.82, 2.24) is 0 Å². The molecule has 4 heteroatoms. The molecule has 0 heterocycles. The summed E-state index contributed by atoms with van der Waals surface area (Å²) in [6.07, 6.45) is 8.98. The number of carbonyl (C=O) groups excluding carboxylic acids is 3. The van der Waals surface area contributed by atoms with Gasteiger partial charge in [-0.3, -0.25) is 14.4 Å². The molecule has 2 fully saturated rings. The van der Waals surface area contributed by atoms with Gasteiger partial charge in [0.1, 0.15) is 0 Å². The Labute approximate surface area is 161 Å². The number of allylic oxidation sites excluding steroid dienone is 4. The van der Waals surface area contributed by atoms with Gasteiger partial charge in [0.2, 0.25) is 0 Å². The van der Waals surface area contributed by atoms with Crippen molar-refractivity contribution in [1.29, 1.82) is 0 Å². The zero-order valence-corrected chi connectivity index (χ0v) is 16.7. The number of ether oxygens (including phenoxy) is 1. The number of hydrogen-bond acceptors (Lipinski definition) is 4. The van der Waals surface area contributed by atoms with E-state index in [0.29, 0.717) is 18.3 Å². The maximum Gasteiger partial charge on any atom is 0.303 e. The van der Waals surface area contributed by atoms with Gasteiger partial charge in [0.25, 0.3) is 0 Å². The molecule has 0 aliphatic heterocycles. The van der Waals surface area contributed by atoms with Crippen LogP contribution in [0.5, 0.6) is 0 Å². The van der Waals surface area contributed by atoms with Gasteiger partial charge in [-0.15, -0.1) is 0 Å². The number of ketones is 2. The number of Topliss-reactive ketones (excluding diaryl/α,β-unsaturated/α-hetero) is 1. The van der Waals surface area contributed by atoms with Crippen LogP contribution in [-0.2, 0) is 19.1 Å². The van der Waals surface area contributed by atoms with Gasteiger partial charge < -0.3 is 4.74 Å². The van der Waals surface area contributed by atoms with Crippen molar-refractivity contribution in [3.63, 3.8) is 0 Å². The molecule has 0 aromatic rings. The van der Waals surface area contributed by atoms with Gasteiger partial charge in [-0.25, -0.2) is 0 Å². The van der Waals surface area contributed by atoms with Crippen molar-refractivity contribution in [2.45, 2.75) is 78.2 Å². The molecule has 0 amide bonds. The van der Waals surface area contributed by atoms with E-state index in [1.165, 1.54) is 18.1 Å². The summed E-state index contributed by atoms with van der Waals surface area (Å²) in [6.45, 7) is 5.38. The molecule has 0 spiro atoms. The van der Waals surface area contributed by atoms with Crippen LogP contribution in [0.25, 0.3) is 0 Å². The van der Waals surface area contributed by atoms with Crippen molar-refractivity contribution in [3.05, 3.63) is 22.8 Å². The topological polar surface area (TPSA) is 60.4 Å². The third-order valence-electron chi connectivity index (χ3n) is 7.82. The maximum atomic E-state index is 13.0. The number of fused-ring (bicyclic) bond motifs is 4. The van der Waals surface area contributed by atoms with Crippen molar-refractivity contribution in [2.24, 2.45) is 23.2 Å². The smallest absolute Gasteiger partial charge is 0.303 e. The lowest BCUT2D eigenvalue weighted by Crippen LogP contribution is -2.44. The standard InChI is InChI=1S/C23H30O4/c1-13(27-14(2)24)22(26)21-9-8-20-19-6-4-15-12-16(25)5-7-17(15)18(19)10-11-23(20,21)3/h12-13,19-21H,4-11H2,1-3H3/t13?,19-,20+,21-,23+/m1/s1. The third-order valence-corrected chi connectivity index (χ3v) is 7.82. The van der Waals surface area contributed by atoms with Crippen LogP contribution < -0.4 is 0 Å². The summed E-state index contributed by atoms with van der Waals surface area (Å²) < 4.78 is 5.20. The molecule has 4 aliphatic carbocycles. The Morgan fingerprint density at radius 1 is 1.15 bits per heavy atom. The van der Waals surface area contributed by atoms with Crippen LogP contribution in [0.2, 0.25) is 0 Å². The van der Waals surface area contributed by atoms with E-state index in [1.54, 1.807) is 12.5 Å². The van der Waals surface area contributed by atoms with Crippen molar-refractivity contribution in [2.75, 3.05) is 0 Å². The molecule has 0 radical (unpaired) electrons. The van der Waals surface area contributed by atoms with E-state index in [0.717, 1.165) is 44.9 Å². The first kappa shape index (κ1) is 18.6. The SMILES string of the molecule is CC(=O)OC(C)C(=O)[C@H]1CC[C@H]2[C@@H]3CCC4=CC(=O)CCC4=C3CC[C@]12C. The Kier molecular flexibility index (Phi) is 4.64. The van der Waals surface area contributed by atoms with Gasteiger partial charge in [-0.1, -0.05) is 12.5 Å². The molecular weight excluding hydrogens is 340 g/mol. The molecule has 1 unspecified atom stereocenters. The van der Waals surface area contributed by atoms with Crippen LogP contribution in [0.1, 0.15) is 72.1 Å². The van der Waals surface area contributed by atoms with Gasteiger partial charge in [-0.2, -0.15) is 0 Å². The predicted molar refractivity (Wildman–Crippen MR) is 102 cm³/mol. The summed E-state index contributed by atoms with van der Waals surface area (Å²) in [5, 5.41) is 0. The molecular formula is C23H30O4. The minimum atomic E-state index is -0.645. The molecule has 4 nitrogen and oxygen atoms in total. The molecule has 0 N–H and O–H groups in total. The molecule has 27 heavy (non-hydrogen) atoms. The highest BCUT2D eigenvalue weighted by Crippen LogP contribution is 2.62. The fourth-order valence-electron chi connectivity index (χ4n) is 6.59. The fourth-order valence-corrected chi connectivity index (χ4v) is 6.59. The molecule has 2 saturated carbocycles. The van der Waals surface area contributed by atoms with Gasteiger partial charge >= 0.3 is 5.97 Å². The van der Waals surface area contributed by atoms with E-state index in [9.17, 15) is 14.4 Å². The summed E-state index contributed by atoms with van der Waals surface area (Å²) in [5.41, 5.74) is 4.35. The van der Waals surface area contributed by atoms with Gasteiger partial charge in [0, 0.05) is 19.3 Å². The lowest BCUT2D eigenvalue weighted by atomic mass is 9.55. The highest BCUT2D eigenvalue weighted by atomic mass is 16.5. The van der Waals surface area contributed by atoms with Gasteiger partial charge in [-0.05, 0) is 86.3 Å². The average molecular weight is 370 g/mol. The third kappa shape index (κ3) is 3.01. The summed E-state index contributed by atoms with van der Waals surface area (Å²) >= 11 is 0. The van der Waals surface area contributed by atoms with Crippen molar-refractivity contribution in [3.8, 4) is 0 Å². The second-order valence-corrected chi connectivity index (χ2v) is 9.18. The normalized spacial score (nSPS) is 36.3. The number of hydrogen-bond donors (Lipinski definition) is 0. The van der Waals surface area contributed by atoms with Crippen molar-refractivity contribution >= 4 is 17.5 Å². The zero-order valence-electron chi connectivity index (χ0n) is 16.7. The largest absolute Gasteiger partial charge is 0.455 e. The highest BCUT2D eigenvalue weighted by molar-refractivity contribution is 5.93. The van der Waals surface area contributed by atoms with Crippen molar-refractivity contribution < 1.29 is 19.1 Å². The van der Waals surface area contributed by atoms with E-state index in [-0.39, 0.29) is 28.9 Å². The highest BCUT2D eigenvalue weighted by Gasteiger charge is 2.56. The molecule has 0 aromatic carbocycles. The zero-order chi connectivity index (χ0) is 19.3. The second kappa shape index (κ2) is 6.72. The summed E-state index contributed by atoms with van der Waals surface area (Å²) in [5.74, 6) is 1.08. The van der Waals surface area contributed by atoms with E-state index < -0.39 is 6.10 Å². The molecule has 146 valence electrons. The quantitative estimate of drug-likeness (QED) is 0.694. The second-order valence-electron chi connectivity index (χ2n) is 9.18. The summed E-state index contributed by atoms with van der Waals surface area (Å²) in [4.78, 5) is 36.1. The Bertz CT molecular complexity index is 758. The van der Waals surface area contributed by atoms with E-state index in [1.807, 2.05) is 6.08 Å². The predicted octanol–water partition coefficient (Wildman–Crippen LogP) is 4.33. The first-order valence-electron chi connectivity index (χ1n) is 10.5. The summed E-state index contributed by atoms with van der Waals surface area (Å²) in [6, 6.07) is 0. The Hall–Kier alpha value is -1.71. The number of rotatable bonds is 3. The van der Waals surface area contributed by atoms with E-state index in [4.69, 9.17) is 4.74 Å². The minimum absolute atomic E-state index is 0.00588. The van der Waals surface area contributed by atoms with Gasteiger partial charge in [0.15, 0.2) is 17.7 Å². The molecule has 4 rings (SSSR count). The minimum Gasteiger partial charge on any atom is -0.455 e. The lowest BCUT2D eigenvalue weighted by Gasteiger charge is -2.49. The first-order chi connectivity index (χ1) is 12.8. The van der Waals surface area contributed by atoms with Gasteiger partial charge in [0.05, 0.1) is 0 Å². The van der Waals surface area contributed by atoms with Crippen LogP contribution in [0.3, 0.4) is 0 Å². The molecule has 0 saturated heterocycles. The fraction of sp³-hybridized carbons (Fsp3) is 0.696.